The molecule has 0 fully saturated rings. The zero-order valence-corrected chi connectivity index (χ0v) is 10.2. The fraction of sp³-hybridized carbons (Fsp3) is 0.667. The molecule has 0 saturated carbocycles. The van der Waals surface area contributed by atoms with Gasteiger partial charge in [-0.1, -0.05) is 0 Å². The summed E-state index contributed by atoms with van der Waals surface area (Å²) in [7, 11) is 0. The van der Waals surface area contributed by atoms with Gasteiger partial charge < -0.3 is 4.74 Å². The smallest absolute Gasteiger partial charge is 0.418 e. The Morgan fingerprint density at radius 1 is 0.818 bits per heavy atom. The number of carbonyl (C=O) groups is 1. The molecule has 0 atom stereocenters. The Kier molecular flexibility index (Phi) is 5.49. The predicted octanol–water partition coefficient (Wildman–Crippen LogP) is 4.37. The molecule has 130 valence electrons. The Balaban J connectivity index is 6.71. The van der Waals surface area contributed by atoms with Gasteiger partial charge in [-0.3, -0.25) is 0 Å². The van der Waals surface area contributed by atoms with Gasteiger partial charge in [0.05, 0.1) is 6.61 Å². The van der Waals surface area contributed by atoms with Gasteiger partial charge in [0, 0.05) is 0 Å². The van der Waals surface area contributed by atoms with E-state index < -0.39 is 48.2 Å². The van der Waals surface area contributed by atoms with Crippen LogP contribution in [0.3, 0.4) is 0 Å². The number of rotatable bonds is 3. The summed E-state index contributed by atoms with van der Waals surface area (Å²) in [4.78, 5) is 10.6. The van der Waals surface area contributed by atoms with Crippen molar-refractivity contribution < 1.29 is 57.8 Å². The lowest BCUT2D eigenvalue weighted by atomic mass is 9.83. The highest BCUT2D eigenvalue weighted by Crippen LogP contribution is 2.64. The van der Waals surface area contributed by atoms with E-state index in [1.165, 1.54) is 0 Å². The van der Waals surface area contributed by atoms with Gasteiger partial charge >= 0.3 is 29.9 Å². The van der Waals surface area contributed by atoms with Crippen LogP contribution in [0.15, 0.2) is 11.7 Å². The second kappa shape index (κ2) is 5.91. The second-order valence-electron chi connectivity index (χ2n) is 3.59. The highest BCUT2D eigenvalue weighted by atomic mass is 19.4. The number of halogens is 11. The lowest BCUT2D eigenvalue weighted by Crippen LogP contribution is -2.60. The molecule has 0 aliphatic rings. The zero-order chi connectivity index (χ0) is 18.1. The minimum Gasteiger partial charge on any atom is -0.461 e. The summed E-state index contributed by atoms with van der Waals surface area (Å²) in [6, 6.07) is 0. The minimum absolute atomic E-state index is 0.837. The molecule has 0 bridgehead atoms. The number of allylic oxidation sites excluding steroid dienone is 1. The molecule has 0 aliphatic heterocycles. The quantitative estimate of drug-likeness (QED) is 0.427. The summed E-state index contributed by atoms with van der Waals surface area (Å²) < 4.78 is 141. The average Bonchev–Trinajstić information content (AvgIpc) is 2.22. The predicted molar refractivity (Wildman–Crippen MR) is 46.5 cm³/mol. The third-order valence-corrected chi connectivity index (χ3v) is 2.25. The first-order chi connectivity index (χ1) is 9.55. The molecule has 0 saturated heterocycles. The third-order valence-electron chi connectivity index (χ3n) is 2.25. The topological polar surface area (TPSA) is 26.3 Å². The van der Waals surface area contributed by atoms with E-state index in [0.29, 0.717) is 0 Å². The van der Waals surface area contributed by atoms with Crippen LogP contribution in [0.1, 0.15) is 6.92 Å². The van der Waals surface area contributed by atoms with Gasteiger partial charge in [-0.15, -0.1) is 0 Å². The van der Waals surface area contributed by atoms with Crippen LogP contribution >= 0.6 is 0 Å². The first-order valence-corrected chi connectivity index (χ1v) is 4.98. The van der Waals surface area contributed by atoms with Crippen molar-refractivity contribution in [1.82, 2.24) is 0 Å². The molecular weight excluding hydrogens is 349 g/mol. The van der Waals surface area contributed by atoms with Crippen molar-refractivity contribution in [2.75, 3.05) is 6.61 Å². The lowest BCUT2D eigenvalue weighted by Gasteiger charge is -2.37. The molecule has 2 nitrogen and oxygen atoms in total. The van der Waals surface area contributed by atoms with E-state index in [4.69, 9.17) is 0 Å². The van der Waals surface area contributed by atoms with Crippen LogP contribution in [0, 0.1) is 5.41 Å². The maximum Gasteiger partial charge on any atom is 0.418 e. The fourth-order valence-electron chi connectivity index (χ4n) is 1.30. The molecule has 0 N–H and O–H groups in total. The number of esters is 1. The van der Waals surface area contributed by atoms with Gasteiger partial charge in [-0.05, 0) is 6.92 Å². The van der Waals surface area contributed by atoms with E-state index in [9.17, 15) is 53.1 Å². The molecule has 13 heteroatoms. The van der Waals surface area contributed by atoms with E-state index in [0.717, 1.165) is 6.92 Å². The zero-order valence-electron chi connectivity index (χ0n) is 10.2. The van der Waals surface area contributed by atoms with Gasteiger partial charge in [-0.25, -0.2) is 9.18 Å². The van der Waals surface area contributed by atoms with Gasteiger partial charge in [0.2, 0.25) is 5.83 Å². The molecule has 0 aliphatic carbocycles. The summed E-state index contributed by atoms with van der Waals surface area (Å²) >= 11 is 0. The molecule has 0 rings (SSSR count). The SMILES string of the molecule is CCOC(=O)/C(F)=C(\F)C(C(F)(F)F)(C(F)(F)F)C(F)(F)F. The van der Waals surface area contributed by atoms with Crippen LogP contribution in [0.25, 0.3) is 0 Å². The van der Waals surface area contributed by atoms with Crippen molar-refractivity contribution in [2.24, 2.45) is 5.41 Å². The van der Waals surface area contributed by atoms with Crippen LogP contribution < -0.4 is 0 Å². The Morgan fingerprint density at radius 3 is 1.36 bits per heavy atom. The molecule has 0 aromatic carbocycles. The molecule has 22 heavy (non-hydrogen) atoms. The van der Waals surface area contributed by atoms with Gasteiger partial charge in [0.25, 0.3) is 0 Å². The van der Waals surface area contributed by atoms with Crippen molar-refractivity contribution in [3.63, 3.8) is 0 Å². The first kappa shape index (κ1) is 20.4. The van der Waals surface area contributed by atoms with E-state index in [1.54, 1.807) is 0 Å². The Labute approximate surface area is 114 Å². The fourth-order valence-corrected chi connectivity index (χ4v) is 1.30. The maximum absolute atomic E-state index is 13.2. The molecule has 0 aromatic rings. The second-order valence-corrected chi connectivity index (χ2v) is 3.59. The van der Waals surface area contributed by atoms with Crippen LogP contribution in [0.5, 0.6) is 0 Å². The molecule has 0 amide bonds. The molecule has 0 spiro atoms. The highest BCUT2D eigenvalue weighted by Gasteiger charge is 2.87. The standard InChI is InChI=1S/C9H5F11O2/c1-2-22-5(21)3(10)4(11)6(7(12,13)14,8(15,16)17)9(18,19)20/h2H2,1H3/b4-3+. The summed E-state index contributed by atoms with van der Waals surface area (Å²) in [6.07, 6.45) is -22.1. The van der Waals surface area contributed by atoms with Crippen LogP contribution in [0.4, 0.5) is 48.3 Å². The lowest BCUT2D eigenvalue weighted by molar-refractivity contribution is -0.416. The summed E-state index contributed by atoms with van der Waals surface area (Å²) in [5.41, 5.74) is -7.19. The largest absolute Gasteiger partial charge is 0.461 e. The van der Waals surface area contributed by atoms with E-state index in [2.05, 4.69) is 4.74 Å². The Morgan fingerprint density at radius 2 is 1.14 bits per heavy atom. The van der Waals surface area contributed by atoms with Crippen molar-refractivity contribution in [2.45, 2.75) is 25.5 Å². The van der Waals surface area contributed by atoms with Crippen molar-refractivity contribution in [3.05, 3.63) is 11.7 Å². The van der Waals surface area contributed by atoms with E-state index in [-0.39, 0.29) is 0 Å². The van der Waals surface area contributed by atoms with Crippen molar-refractivity contribution >= 4 is 5.97 Å². The molecule has 0 aromatic heterocycles. The molecule has 0 unspecified atom stereocenters. The van der Waals surface area contributed by atoms with Gasteiger partial charge in [-0.2, -0.15) is 43.9 Å². The van der Waals surface area contributed by atoms with E-state index >= 15 is 0 Å². The molecular formula is C9H5F11O2. The Hall–Kier alpha value is -1.56. The molecule has 0 radical (unpaired) electrons. The number of hydrogen-bond acceptors (Lipinski definition) is 2. The normalized spacial score (nSPS) is 15.5. The number of ether oxygens (including phenoxy) is 1. The third kappa shape index (κ3) is 3.11. The number of hydrogen-bond donors (Lipinski definition) is 0. The summed E-state index contributed by atoms with van der Waals surface area (Å²) in [5.74, 6) is -10.7. The highest BCUT2D eigenvalue weighted by molar-refractivity contribution is 5.86. The monoisotopic (exact) mass is 354 g/mol. The minimum atomic E-state index is -7.36. The van der Waals surface area contributed by atoms with Crippen molar-refractivity contribution in [3.8, 4) is 0 Å². The van der Waals surface area contributed by atoms with Crippen LogP contribution in [-0.4, -0.2) is 31.1 Å². The van der Waals surface area contributed by atoms with E-state index in [1.807, 2.05) is 0 Å². The summed E-state index contributed by atoms with van der Waals surface area (Å²) in [6.45, 7) is 0.0597. The molecule has 0 heterocycles. The Bertz CT molecular complexity index is 418. The van der Waals surface area contributed by atoms with Crippen LogP contribution in [0.2, 0.25) is 0 Å². The van der Waals surface area contributed by atoms with Crippen LogP contribution in [-0.2, 0) is 9.53 Å². The number of carbonyl (C=O) groups excluding carboxylic acids is 1. The van der Waals surface area contributed by atoms with Crippen molar-refractivity contribution in [1.29, 1.82) is 0 Å². The average molecular weight is 354 g/mol. The number of alkyl halides is 9. The summed E-state index contributed by atoms with van der Waals surface area (Å²) in [5, 5.41) is 0. The van der Waals surface area contributed by atoms with Gasteiger partial charge in [0.1, 0.15) is 0 Å². The maximum atomic E-state index is 13.2. The van der Waals surface area contributed by atoms with Gasteiger partial charge in [0.15, 0.2) is 5.83 Å². The first-order valence-electron chi connectivity index (χ1n) is 4.98.